The van der Waals surface area contributed by atoms with Crippen molar-refractivity contribution in [2.45, 2.75) is 5.33 Å². The quantitative estimate of drug-likeness (QED) is 0.862. The molecule has 1 N–H and O–H groups in total. The Labute approximate surface area is 131 Å². The average Bonchev–Trinajstić information content (AvgIpc) is 2.54. The number of ether oxygens (including phenoxy) is 2. The van der Waals surface area contributed by atoms with Crippen molar-refractivity contribution in [2.24, 2.45) is 0 Å². The van der Waals surface area contributed by atoms with Gasteiger partial charge in [-0.15, -0.1) is 0 Å². The molecule has 0 aliphatic carbocycles. The van der Waals surface area contributed by atoms with Crippen LogP contribution in [0, 0.1) is 0 Å². The fraction of sp³-hybridized carbons (Fsp3) is 0.188. The van der Waals surface area contributed by atoms with Crippen molar-refractivity contribution in [3.8, 4) is 11.5 Å². The number of para-hydroxylation sites is 1. The molecule has 5 heteroatoms. The van der Waals surface area contributed by atoms with Crippen LogP contribution in [-0.2, 0) is 5.33 Å². The molecule has 2 aromatic carbocycles. The van der Waals surface area contributed by atoms with Crippen LogP contribution in [0.2, 0.25) is 0 Å². The Morgan fingerprint density at radius 1 is 1.14 bits per heavy atom. The van der Waals surface area contributed by atoms with Gasteiger partial charge in [0.05, 0.1) is 5.56 Å². The molecule has 0 saturated heterocycles. The number of hydrogen-bond donors (Lipinski definition) is 1. The molecule has 3 rings (SSSR count). The van der Waals surface area contributed by atoms with Gasteiger partial charge in [0, 0.05) is 11.0 Å². The average molecular weight is 348 g/mol. The lowest BCUT2D eigenvalue weighted by atomic mass is 10.1. The Morgan fingerprint density at radius 2 is 1.95 bits per heavy atom. The summed E-state index contributed by atoms with van der Waals surface area (Å²) in [5.41, 5.74) is 2.34. The number of carbonyl (C=O) groups excluding carboxylic acids is 1. The third-order valence-electron chi connectivity index (χ3n) is 3.15. The molecule has 0 radical (unpaired) electrons. The van der Waals surface area contributed by atoms with Crippen molar-refractivity contribution < 1.29 is 14.3 Å². The van der Waals surface area contributed by atoms with Crippen LogP contribution >= 0.6 is 15.9 Å². The summed E-state index contributed by atoms with van der Waals surface area (Å²) in [4.78, 5) is 12.4. The molecule has 1 aliphatic heterocycles. The summed E-state index contributed by atoms with van der Waals surface area (Å²) in [5.74, 6) is 0.921. The lowest BCUT2D eigenvalue weighted by Gasteiger charge is -2.20. The van der Waals surface area contributed by atoms with E-state index in [0.29, 0.717) is 30.3 Å². The topological polar surface area (TPSA) is 47.6 Å². The van der Waals surface area contributed by atoms with Gasteiger partial charge in [-0.05, 0) is 29.8 Å². The molecule has 0 bridgehead atoms. The predicted octanol–water partition coefficient (Wildman–Crippen LogP) is 3.61. The van der Waals surface area contributed by atoms with Crippen molar-refractivity contribution in [2.75, 3.05) is 18.5 Å². The molecule has 21 heavy (non-hydrogen) atoms. The fourth-order valence-corrected chi connectivity index (χ4v) is 2.53. The molecule has 0 spiro atoms. The van der Waals surface area contributed by atoms with E-state index < -0.39 is 0 Å². The van der Waals surface area contributed by atoms with Crippen LogP contribution in [0.1, 0.15) is 15.9 Å². The summed E-state index contributed by atoms with van der Waals surface area (Å²) in [6.07, 6.45) is 0. The minimum Gasteiger partial charge on any atom is -0.486 e. The fourth-order valence-electron chi connectivity index (χ4n) is 2.18. The van der Waals surface area contributed by atoms with Crippen molar-refractivity contribution in [3.63, 3.8) is 0 Å². The maximum Gasteiger partial charge on any atom is 0.259 e. The van der Waals surface area contributed by atoms with Gasteiger partial charge >= 0.3 is 0 Å². The molecule has 1 heterocycles. The first kappa shape index (κ1) is 13.9. The molecule has 0 saturated carbocycles. The molecule has 0 fully saturated rings. The molecule has 1 aliphatic rings. The zero-order valence-corrected chi connectivity index (χ0v) is 12.9. The number of hydrogen-bond acceptors (Lipinski definition) is 3. The second-order valence-electron chi connectivity index (χ2n) is 4.62. The Morgan fingerprint density at radius 3 is 2.81 bits per heavy atom. The van der Waals surface area contributed by atoms with Gasteiger partial charge in [-0.2, -0.15) is 0 Å². The van der Waals surface area contributed by atoms with Gasteiger partial charge in [-0.3, -0.25) is 4.79 Å². The van der Waals surface area contributed by atoms with Crippen LogP contribution in [0.4, 0.5) is 5.69 Å². The van der Waals surface area contributed by atoms with Gasteiger partial charge < -0.3 is 14.8 Å². The third-order valence-corrected chi connectivity index (χ3v) is 3.80. The van der Waals surface area contributed by atoms with E-state index in [2.05, 4.69) is 21.2 Å². The van der Waals surface area contributed by atoms with E-state index >= 15 is 0 Å². The normalized spacial score (nSPS) is 12.8. The van der Waals surface area contributed by atoms with E-state index in [9.17, 15) is 4.79 Å². The minimum atomic E-state index is -0.205. The number of carbonyl (C=O) groups is 1. The van der Waals surface area contributed by atoms with E-state index in [1.165, 1.54) is 0 Å². The van der Waals surface area contributed by atoms with Crippen molar-refractivity contribution >= 4 is 27.5 Å². The first-order valence-corrected chi connectivity index (χ1v) is 7.75. The minimum absolute atomic E-state index is 0.205. The van der Waals surface area contributed by atoms with E-state index in [1.807, 2.05) is 24.3 Å². The summed E-state index contributed by atoms with van der Waals surface area (Å²) in [5, 5.41) is 3.63. The van der Waals surface area contributed by atoms with Crippen LogP contribution in [-0.4, -0.2) is 19.1 Å². The lowest BCUT2D eigenvalue weighted by Crippen LogP contribution is -2.20. The summed E-state index contributed by atoms with van der Waals surface area (Å²) in [6, 6.07) is 13.0. The molecule has 4 nitrogen and oxygen atoms in total. The summed E-state index contributed by atoms with van der Waals surface area (Å²) < 4.78 is 11.1. The molecule has 2 aromatic rings. The van der Waals surface area contributed by atoms with Gasteiger partial charge in [0.15, 0.2) is 11.5 Å². The van der Waals surface area contributed by atoms with E-state index in [4.69, 9.17) is 9.47 Å². The standard InChI is InChI=1S/C16H14BrNO3/c17-10-11-3-1-4-12(9-11)18-16(19)13-5-2-6-14-15(13)21-8-7-20-14/h1-6,9H,7-8,10H2,(H,18,19). The van der Waals surface area contributed by atoms with Crippen molar-refractivity contribution in [1.29, 1.82) is 0 Å². The Balaban J connectivity index is 1.85. The van der Waals surface area contributed by atoms with Crippen LogP contribution in [0.5, 0.6) is 11.5 Å². The van der Waals surface area contributed by atoms with E-state index in [0.717, 1.165) is 16.6 Å². The number of amides is 1. The van der Waals surface area contributed by atoms with Gasteiger partial charge in [0.1, 0.15) is 13.2 Å². The molecule has 108 valence electrons. The van der Waals surface area contributed by atoms with Crippen molar-refractivity contribution in [1.82, 2.24) is 0 Å². The lowest BCUT2D eigenvalue weighted by molar-refractivity contribution is 0.101. The SMILES string of the molecule is O=C(Nc1cccc(CBr)c1)c1cccc2c1OCCO2. The van der Waals surface area contributed by atoms with Crippen LogP contribution in [0.25, 0.3) is 0 Å². The largest absolute Gasteiger partial charge is 0.486 e. The monoisotopic (exact) mass is 347 g/mol. The Hall–Kier alpha value is -2.01. The summed E-state index contributed by atoms with van der Waals surface area (Å²) in [7, 11) is 0. The summed E-state index contributed by atoms with van der Waals surface area (Å²) in [6.45, 7) is 0.960. The van der Waals surface area contributed by atoms with E-state index in [1.54, 1.807) is 18.2 Å². The van der Waals surface area contributed by atoms with Gasteiger partial charge in [0.2, 0.25) is 0 Å². The number of nitrogens with one attached hydrogen (secondary N) is 1. The second-order valence-corrected chi connectivity index (χ2v) is 5.18. The summed E-state index contributed by atoms with van der Waals surface area (Å²) >= 11 is 3.40. The number of fused-ring (bicyclic) bond motifs is 1. The highest BCUT2D eigenvalue weighted by molar-refractivity contribution is 9.08. The van der Waals surface area contributed by atoms with E-state index in [-0.39, 0.29) is 5.91 Å². The highest BCUT2D eigenvalue weighted by Crippen LogP contribution is 2.34. The van der Waals surface area contributed by atoms with Gasteiger partial charge in [-0.25, -0.2) is 0 Å². The molecular weight excluding hydrogens is 334 g/mol. The maximum absolute atomic E-state index is 12.4. The first-order chi connectivity index (χ1) is 10.3. The number of rotatable bonds is 3. The number of benzene rings is 2. The highest BCUT2D eigenvalue weighted by Gasteiger charge is 2.20. The molecule has 0 atom stereocenters. The zero-order chi connectivity index (χ0) is 14.7. The second kappa shape index (κ2) is 6.18. The maximum atomic E-state index is 12.4. The highest BCUT2D eigenvalue weighted by atomic mass is 79.9. The van der Waals surface area contributed by atoms with Crippen molar-refractivity contribution in [3.05, 3.63) is 53.6 Å². The molecule has 1 amide bonds. The number of alkyl halides is 1. The predicted molar refractivity (Wildman–Crippen MR) is 84.5 cm³/mol. The Bertz CT molecular complexity index is 672. The van der Waals surface area contributed by atoms with Crippen LogP contribution < -0.4 is 14.8 Å². The van der Waals surface area contributed by atoms with Gasteiger partial charge in [-0.1, -0.05) is 34.1 Å². The van der Waals surface area contributed by atoms with Gasteiger partial charge in [0.25, 0.3) is 5.91 Å². The third kappa shape index (κ3) is 3.03. The zero-order valence-electron chi connectivity index (χ0n) is 11.3. The number of halogens is 1. The number of anilines is 1. The molecule has 0 aromatic heterocycles. The first-order valence-electron chi connectivity index (χ1n) is 6.63. The molecular formula is C16H14BrNO3. The van der Waals surface area contributed by atoms with Crippen LogP contribution in [0.15, 0.2) is 42.5 Å². The smallest absolute Gasteiger partial charge is 0.259 e. The Kier molecular flexibility index (Phi) is 4.10. The van der Waals surface area contributed by atoms with Crippen LogP contribution in [0.3, 0.4) is 0 Å². The molecule has 0 unspecified atom stereocenters.